The van der Waals surface area contributed by atoms with Gasteiger partial charge in [0.15, 0.2) is 0 Å². The van der Waals surface area contributed by atoms with Gasteiger partial charge in [-0.15, -0.1) is 0 Å². The van der Waals surface area contributed by atoms with Gasteiger partial charge in [0, 0.05) is 11.6 Å². The van der Waals surface area contributed by atoms with Crippen LogP contribution >= 0.6 is 0 Å². The van der Waals surface area contributed by atoms with Crippen LogP contribution in [0.2, 0.25) is 0 Å². The summed E-state index contributed by atoms with van der Waals surface area (Å²) in [6, 6.07) is 3.74. The molecular formula is C15H21NO5. The molecule has 0 bridgehead atoms. The van der Waals surface area contributed by atoms with Gasteiger partial charge in [-0.3, -0.25) is 4.79 Å². The summed E-state index contributed by atoms with van der Waals surface area (Å²) in [6.45, 7) is 2.12. The molecule has 1 rings (SSSR count). The SMILES string of the molecule is CCCc1cc(/C=N/OCCC(=O)O)c(OC)cc1OC. The minimum Gasteiger partial charge on any atom is -0.496 e. The van der Waals surface area contributed by atoms with Crippen molar-refractivity contribution >= 4 is 12.2 Å². The van der Waals surface area contributed by atoms with Gasteiger partial charge in [-0.25, -0.2) is 0 Å². The van der Waals surface area contributed by atoms with E-state index in [1.165, 1.54) is 6.21 Å². The maximum absolute atomic E-state index is 10.4. The number of hydrogen-bond donors (Lipinski definition) is 1. The molecular weight excluding hydrogens is 274 g/mol. The summed E-state index contributed by atoms with van der Waals surface area (Å²) in [5, 5.41) is 12.3. The van der Waals surface area contributed by atoms with Crippen LogP contribution in [0.4, 0.5) is 0 Å². The van der Waals surface area contributed by atoms with Gasteiger partial charge in [-0.05, 0) is 18.1 Å². The maximum atomic E-state index is 10.4. The Morgan fingerprint density at radius 3 is 2.57 bits per heavy atom. The van der Waals surface area contributed by atoms with Gasteiger partial charge >= 0.3 is 5.97 Å². The first-order valence-electron chi connectivity index (χ1n) is 6.74. The van der Waals surface area contributed by atoms with Gasteiger partial charge in [-0.1, -0.05) is 18.5 Å². The molecule has 0 atom stereocenters. The molecule has 1 N–H and O–H groups in total. The lowest BCUT2D eigenvalue weighted by atomic mass is 10.0. The number of carbonyl (C=O) groups is 1. The van der Waals surface area contributed by atoms with Crippen molar-refractivity contribution in [2.75, 3.05) is 20.8 Å². The largest absolute Gasteiger partial charge is 0.496 e. The molecule has 0 aliphatic rings. The van der Waals surface area contributed by atoms with E-state index in [0.29, 0.717) is 5.75 Å². The first-order chi connectivity index (χ1) is 10.1. The average Bonchev–Trinajstić information content (AvgIpc) is 2.47. The Morgan fingerprint density at radius 1 is 1.29 bits per heavy atom. The number of nitrogens with zero attached hydrogens (tertiary/aromatic N) is 1. The molecule has 6 nitrogen and oxygen atoms in total. The summed E-state index contributed by atoms with van der Waals surface area (Å²) in [5.74, 6) is 0.479. The van der Waals surface area contributed by atoms with Crippen LogP contribution in [0.25, 0.3) is 0 Å². The topological polar surface area (TPSA) is 77.4 Å². The van der Waals surface area contributed by atoms with E-state index in [-0.39, 0.29) is 13.0 Å². The van der Waals surface area contributed by atoms with Crippen LogP contribution in [-0.2, 0) is 16.1 Å². The molecule has 0 saturated heterocycles. The van der Waals surface area contributed by atoms with Crippen LogP contribution in [0.5, 0.6) is 11.5 Å². The third kappa shape index (κ3) is 5.33. The number of oxime groups is 1. The minimum absolute atomic E-state index is 0.0338. The van der Waals surface area contributed by atoms with E-state index >= 15 is 0 Å². The lowest BCUT2D eigenvalue weighted by Gasteiger charge is -2.12. The normalized spacial score (nSPS) is 10.6. The Kier molecular flexibility index (Phi) is 7.08. The van der Waals surface area contributed by atoms with E-state index < -0.39 is 5.97 Å². The molecule has 1 aromatic carbocycles. The van der Waals surface area contributed by atoms with Crippen molar-refractivity contribution in [2.24, 2.45) is 5.16 Å². The number of aryl methyl sites for hydroxylation is 1. The van der Waals surface area contributed by atoms with Crippen molar-refractivity contribution in [3.05, 3.63) is 23.3 Å². The fraction of sp³-hybridized carbons (Fsp3) is 0.467. The standard InChI is InChI=1S/C15H21NO5/c1-4-5-11-8-12(10-16-21-7-6-15(17)18)14(20-3)9-13(11)19-2/h8-10H,4-7H2,1-3H3,(H,17,18)/b16-10+. The summed E-state index contributed by atoms with van der Waals surface area (Å²) < 4.78 is 10.6. The average molecular weight is 295 g/mol. The van der Waals surface area contributed by atoms with E-state index in [1.807, 2.05) is 12.1 Å². The zero-order chi connectivity index (χ0) is 15.7. The lowest BCUT2D eigenvalue weighted by molar-refractivity contribution is -0.138. The van der Waals surface area contributed by atoms with Crippen molar-refractivity contribution < 1.29 is 24.2 Å². The number of benzene rings is 1. The number of rotatable bonds is 9. The molecule has 0 aliphatic carbocycles. The molecule has 116 valence electrons. The van der Waals surface area contributed by atoms with Gasteiger partial charge in [0.1, 0.15) is 18.1 Å². The second-order valence-corrected chi connectivity index (χ2v) is 4.37. The summed E-state index contributed by atoms with van der Waals surface area (Å²) >= 11 is 0. The molecule has 21 heavy (non-hydrogen) atoms. The molecule has 0 radical (unpaired) electrons. The highest BCUT2D eigenvalue weighted by Gasteiger charge is 2.09. The van der Waals surface area contributed by atoms with Crippen molar-refractivity contribution in [2.45, 2.75) is 26.2 Å². The van der Waals surface area contributed by atoms with Crippen molar-refractivity contribution in [1.29, 1.82) is 0 Å². The summed E-state index contributed by atoms with van der Waals surface area (Å²) in [4.78, 5) is 15.3. The van der Waals surface area contributed by atoms with Gasteiger partial charge in [-0.2, -0.15) is 0 Å². The molecule has 0 aromatic heterocycles. The zero-order valence-electron chi connectivity index (χ0n) is 12.6. The van der Waals surface area contributed by atoms with Crippen LogP contribution in [0.15, 0.2) is 17.3 Å². The fourth-order valence-electron chi connectivity index (χ4n) is 1.84. The number of ether oxygens (including phenoxy) is 2. The Morgan fingerprint density at radius 2 is 2.00 bits per heavy atom. The van der Waals surface area contributed by atoms with E-state index in [1.54, 1.807) is 14.2 Å². The van der Waals surface area contributed by atoms with E-state index in [0.717, 1.165) is 29.7 Å². The first kappa shape index (κ1) is 16.8. The molecule has 0 aliphatic heterocycles. The summed E-state index contributed by atoms with van der Waals surface area (Å²) in [6.07, 6.45) is 3.31. The zero-order valence-corrected chi connectivity index (χ0v) is 12.6. The summed E-state index contributed by atoms with van der Waals surface area (Å²) in [5.41, 5.74) is 1.82. The molecule has 0 unspecified atom stereocenters. The van der Waals surface area contributed by atoms with Crippen molar-refractivity contribution in [1.82, 2.24) is 0 Å². The monoisotopic (exact) mass is 295 g/mol. The fourth-order valence-corrected chi connectivity index (χ4v) is 1.84. The Labute approximate surface area is 124 Å². The second kappa shape index (κ2) is 8.84. The molecule has 0 spiro atoms. The number of aliphatic carboxylic acids is 1. The molecule has 0 saturated carbocycles. The van der Waals surface area contributed by atoms with Crippen LogP contribution < -0.4 is 9.47 Å². The predicted molar refractivity (Wildman–Crippen MR) is 79.3 cm³/mol. The van der Waals surface area contributed by atoms with E-state index in [4.69, 9.17) is 19.4 Å². The highest BCUT2D eigenvalue weighted by molar-refractivity contribution is 5.84. The number of hydrogen-bond acceptors (Lipinski definition) is 5. The van der Waals surface area contributed by atoms with Crippen molar-refractivity contribution in [3.63, 3.8) is 0 Å². The number of carboxylic acid groups (broad SMARTS) is 1. The Bertz CT molecular complexity index is 499. The van der Waals surface area contributed by atoms with Crippen LogP contribution in [-0.4, -0.2) is 38.1 Å². The quantitative estimate of drug-likeness (QED) is 0.430. The minimum atomic E-state index is -0.919. The summed E-state index contributed by atoms with van der Waals surface area (Å²) in [7, 11) is 3.19. The van der Waals surface area contributed by atoms with Crippen LogP contribution in [0.1, 0.15) is 30.9 Å². The number of methoxy groups -OCH3 is 2. The van der Waals surface area contributed by atoms with E-state index in [2.05, 4.69) is 12.1 Å². The van der Waals surface area contributed by atoms with Crippen LogP contribution in [0.3, 0.4) is 0 Å². The highest BCUT2D eigenvalue weighted by atomic mass is 16.6. The molecule has 1 aromatic rings. The highest BCUT2D eigenvalue weighted by Crippen LogP contribution is 2.29. The third-order valence-corrected chi connectivity index (χ3v) is 2.83. The van der Waals surface area contributed by atoms with Gasteiger partial charge in [0.25, 0.3) is 0 Å². The van der Waals surface area contributed by atoms with Gasteiger partial charge < -0.3 is 19.4 Å². The molecule has 0 fully saturated rings. The smallest absolute Gasteiger partial charge is 0.306 e. The molecule has 0 amide bonds. The van der Waals surface area contributed by atoms with Crippen LogP contribution in [0, 0.1) is 0 Å². The van der Waals surface area contributed by atoms with Gasteiger partial charge in [0.2, 0.25) is 0 Å². The molecule has 0 heterocycles. The van der Waals surface area contributed by atoms with Crippen molar-refractivity contribution in [3.8, 4) is 11.5 Å². The maximum Gasteiger partial charge on any atom is 0.306 e. The van der Waals surface area contributed by atoms with E-state index in [9.17, 15) is 4.79 Å². The first-order valence-corrected chi connectivity index (χ1v) is 6.74. The Balaban J connectivity index is 2.86. The lowest BCUT2D eigenvalue weighted by Crippen LogP contribution is -2.01. The number of carboxylic acids is 1. The second-order valence-electron chi connectivity index (χ2n) is 4.37. The third-order valence-electron chi connectivity index (χ3n) is 2.83. The predicted octanol–water partition coefficient (Wildman–Crippen LogP) is 2.48. The van der Waals surface area contributed by atoms with Gasteiger partial charge in [0.05, 0.1) is 26.9 Å². The Hall–Kier alpha value is -2.24. The molecule has 6 heteroatoms.